The Labute approximate surface area is 278 Å². The number of hydrogen-bond donors (Lipinski definition) is 1. The van der Waals surface area contributed by atoms with Crippen LogP contribution >= 0.6 is 23.2 Å². The summed E-state index contributed by atoms with van der Waals surface area (Å²) in [5, 5.41) is 2.93. The number of halogens is 2. The number of aryl methyl sites for hydroxylation is 2. The van der Waals surface area contributed by atoms with Gasteiger partial charge in [-0.25, -0.2) is 0 Å². The van der Waals surface area contributed by atoms with Crippen molar-refractivity contribution in [1.82, 2.24) is 4.90 Å². The lowest BCUT2D eigenvalue weighted by Crippen LogP contribution is -2.57. The maximum atomic E-state index is 13.9. The number of alkyl halides is 2. The molecule has 4 aromatic carbocycles. The summed E-state index contributed by atoms with van der Waals surface area (Å²) < 4.78 is 5.93. The second kappa shape index (κ2) is 11.6. The normalized spacial score (nSPS) is 24.0. The number of carbonyl (C=O) groups excluding carboxylic acids is 3. The molecule has 0 saturated carbocycles. The van der Waals surface area contributed by atoms with Crippen LogP contribution in [0.5, 0.6) is 11.5 Å². The lowest BCUT2D eigenvalue weighted by Gasteiger charge is -2.54. The van der Waals surface area contributed by atoms with Gasteiger partial charge in [0, 0.05) is 18.7 Å². The van der Waals surface area contributed by atoms with Crippen molar-refractivity contribution < 1.29 is 19.1 Å². The van der Waals surface area contributed by atoms with Crippen molar-refractivity contribution in [3.05, 3.63) is 124 Å². The van der Waals surface area contributed by atoms with E-state index >= 15 is 0 Å². The van der Waals surface area contributed by atoms with Gasteiger partial charge in [0.1, 0.15) is 21.2 Å². The molecular weight excluding hydrogens is 619 g/mol. The zero-order valence-electron chi connectivity index (χ0n) is 25.7. The maximum absolute atomic E-state index is 13.9. The van der Waals surface area contributed by atoms with Crippen LogP contribution in [0.25, 0.3) is 0 Å². The number of rotatable bonds is 9. The fourth-order valence-electron chi connectivity index (χ4n) is 7.42. The summed E-state index contributed by atoms with van der Waals surface area (Å²) in [4.78, 5) is 39.5. The fourth-order valence-corrected chi connectivity index (χ4v) is 8.52. The topological polar surface area (TPSA) is 75.7 Å². The molecule has 0 unspecified atom stereocenters. The van der Waals surface area contributed by atoms with E-state index in [4.69, 9.17) is 27.9 Å². The Bertz CT molecular complexity index is 1750. The Kier molecular flexibility index (Phi) is 7.69. The molecule has 0 radical (unpaired) electrons. The van der Waals surface area contributed by atoms with Crippen molar-refractivity contribution in [1.29, 1.82) is 0 Å². The molecule has 1 heterocycles. The molecule has 1 saturated heterocycles. The molecular formula is C38H34Cl2N2O4. The zero-order chi connectivity index (χ0) is 32.2. The third kappa shape index (κ3) is 4.73. The second-order valence-corrected chi connectivity index (χ2v) is 13.7. The Balaban J connectivity index is 0.946. The summed E-state index contributed by atoms with van der Waals surface area (Å²) in [5.41, 5.74) is 6.24. The monoisotopic (exact) mass is 652 g/mol. The Hall–Kier alpha value is -4.13. The highest BCUT2D eigenvalue weighted by molar-refractivity contribution is 6.36. The standard InChI is InChI=1S/C38H34Cl2N2O4/c1-23-15-18-27(22-24(23)2)46-26-19-16-25(17-20-26)41-32(43)14-4-3-9-21-42-35(44)33-34(36(42)45)38(40)29-11-6-5-10-28(29)37(33,39)30-12-7-8-13-31(30)38/h5-8,10-13,15-20,22,33-34H,3-4,9,14,21H2,1-2H3,(H,41,43)/t33-,34+,37?,38?. The van der Waals surface area contributed by atoms with Gasteiger partial charge < -0.3 is 10.1 Å². The number of nitrogens with one attached hydrogen (secondary N) is 1. The summed E-state index contributed by atoms with van der Waals surface area (Å²) >= 11 is 15.0. The fraction of sp³-hybridized carbons (Fsp3) is 0.289. The van der Waals surface area contributed by atoms with Crippen LogP contribution in [0.2, 0.25) is 0 Å². The maximum Gasteiger partial charge on any atom is 0.235 e. The predicted octanol–water partition coefficient (Wildman–Crippen LogP) is 8.19. The molecule has 1 N–H and O–H groups in total. The van der Waals surface area contributed by atoms with Gasteiger partial charge in [-0.05, 0) is 96.5 Å². The van der Waals surface area contributed by atoms with E-state index in [1.165, 1.54) is 10.5 Å². The minimum Gasteiger partial charge on any atom is -0.457 e. The van der Waals surface area contributed by atoms with Crippen molar-refractivity contribution in [3.63, 3.8) is 0 Å². The van der Waals surface area contributed by atoms with Gasteiger partial charge in [-0.15, -0.1) is 23.2 Å². The highest BCUT2D eigenvalue weighted by Gasteiger charge is 2.72. The van der Waals surface area contributed by atoms with Crippen LogP contribution in [0.15, 0.2) is 91.0 Å². The van der Waals surface area contributed by atoms with Gasteiger partial charge in [-0.1, -0.05) is 61.0 Å². The number of hydrogen-bond acceptors (Lipinski definition) is 4. The molecule has 8 heteroatoms. The van der Waals surface area contributed by atoms with E-state index in [0.717, 1.165) is 33.6 Å². The summed E-state index contributed by atoms with van der Waals surface area (Å²) in [6.07, 6.45) is 2.22. The van der Waals surface area contributed by atoms with E-state index < -0.39 is 21.6 Å². The first kappa shape index (κ1) is 30.5. The molecule has 4 aliphatic rings. The minimum atomic E-state index is -1.17. The number of benzene rings is 4. The average Bonchev–Trinajstić information content (AvgIpc) is 3.32. The Morgan fingerprint density at radius 2 is 1.24 bits per heavy atom. The molecule has 2 atom stereocenters. The third-order valence-electron chi connectivity index (χ3n) is 9.81. The lowest BCUT2D eigenvalue weighted by atomic mass is 9.54. The highest BCUT2D eigenvalue weighted by Crippen LogP contribution is 2.69. The molecule has 3 aliphatic carbocycles. The first-order valence-electron chi connectivity index (χ1n) is 15.7. The van der Waals surface area contributed by atoms with E-state index in [1.807, 2.05) is 97.9 Å². The molecule has 1 aliphatic heterocycles. The minimum absolute atomic E-state index is 0.0950. The molecule has 1 fully saturated rings. The van der Waals surface area contributed by atoms with Crippen LogP contribution in [0.3, 0.4) is 0 Å². The van der Waals surface area contributed by atoms with Gasteiger partial charge in [-0.3, -0.25) is 19.3 Å². The summed E-state index contributed by atoms with van der Waals surface area (Å²) in [6, 6.07) is 28.5. The molecule has 2 bridgehead atoms. The predicted molar refractivity (Wildman–Crippen MR) is 179 cm³/mol. The number of unbranched alkanes of at least 4 members (excludes halogenated alkanes) is 2. The number of amides is 3. The number of anilines is 1. The van der Waals surface area contributed by atoms with E-state index in [-0.39, 0.29) is 24.3 Å². The van der Waals surface area contributed by atoms with Gasteiger partial charge in [0.25, 0.3) is 0 Å². The number of nitrogens with zero attached hydrogens (tertiary/aromatic N) is 1. The van der Waals surface area contributed by atoms with Crippen LogP contribution < -0.4 is 10.1 Å². The molecule has 0 spiro atoms. The van der Waals surface area contributed by atoms with Crippen LogP contribution in [0.4, 0.5) is 5.69 Å². The van der Waals surface area contributed by atoms with Gasteiger partial charge in [0.05, 0.1) is 11.8 Å². The van der Waals surface area contributed by atoms with E-state index in [9.17, 15) is 14.4 Å². The molecule has 0 aromatic heterocycles. The van der Waals surface area contributed by atoms with Gasteiger partial charge in [0.15, 0.2) is 0 Å². The van der Waals surface area contributed by atoms with Crippen molar-refractivity contribution in [2.75, 3.05) is 11.9 Å². The summed E-state index contributed by atoms with van der Waals surface area (Å²) in [7, 11) is 0. The van der Waals surface area contributed by atoms with E-state index in [1.54, 1.807) is 0 Å². The number of carbonyl (C=O) groups is 3. The van der Waals surface area contributed by atoms with E-state index in [2.05, 4.69) is 12.2 Å². The molecule has 4 aromatic rings. The van der Waals surface area contributed by atoms with Crippen LogP contribution in [0, 0.1) is 25.7 Å². The SMILES string of the molecule is Cc1ccc(Oc2ccc(NC(=O)CCCCCN3C(=O)[C@@H]4[C@H](C3=O)C3(Cl)c5ccccc5C4(Cl)c4ccccc43)cc2)cc1C. The average molecular weight is 654 g/mol. The van der Waals surface area contributed by atoms with Crippen LogP contribution in [0.1, 0.15) is 59.1 Å². The largest absolute Gasteiger partial charge is 0.457 e. The van der Waals surface area contributed by atoms with Crippen molar-refractivity contribution in [2.45, 2.75) is 49.3 Å². The summed E-state index contributed by atoms with van der Waals surface area (Å²) in [6.45, 7) is 4.37. The molecule has 234 valence electrons. The van der Waals surface area contributed by atoms with Crippen molar-refractivity contribution in [3.8, 4) is 11.5 Å². The highest BCUT2D eigenvalue weighted by atomic mass is 35.5. The molecule has 6 nitrogen and oxygen atoms in total. The third-order valence-corrected chi connectivity index (χ3v) is 11.1. The first-order chi connectivity index (χ1) is 22.1. The van der Waals surface area contributed by atoms with Crippen molar-refractivity contribution in [2.24, 2.45) is 11.8 Å². The Morgan fingerprint density at radius 1 is 0.717 bits per heavy atom. The van der Waals surface area contributed by atoms with Crippen LogP contribution in [-0.2, 0) is 24.1 Å². The number of likely N-dealkylation sites (tertiary alicyclic amines) is 1. The van der Waals surface area contributed by atoms with Gasteiger partial charge >= 0.3 is 0 Å². The zero-order valence-corrected chi connectivity index (χ0v) is 27.2. The second-order valence-electron chi connectivity index (χ2n) is 12.5. The lowest BCUT2D eigenvalue weighted by molar-refractivity contribution is -0.140. The quantitative estimate of drug-likeness (QED) is 0.112. The first-order valence-corrected chi connectivity index (χ1v) is 16.5. The van der Waals surface area contributed by atoms with E-state index in [0.29, 0.717) is 37.1 Å². The van der Waals surface area contributed by atoms with Gasteiger partial charge in [-0.2, -0.15) is 0 Å². The molecule has 8 rings (SSSR count). The molecule has 46 heavy (non-hydrogen) atoms. The Morgan fingerprint density at radius 3 is 1.76 bits per heavy atom. The van der Waals surface area contributed by atoms with Crippen molar-refractivity contribution >= 4 is 46.6 Å². The number of imide groups is 1. The molecule has 3 amide bonds. The summed E-state index contributed by atoms with van der Waals surface area (Å²) in [5.74, 6) is -0.762. The number of ether oxygens (including phenoxy) is 1. The van der Waals surface area contributed by atoms with Crippen LogP contribution in [-0.4, -0.2) is 29.2 Å². The smallest absolute Gasteiger partial charge is 0.235 e. The van der Waals surface area contributed by atoms with Gasteiger partial charge in [0.2, 0.25) is 17.7 Å².